The largest absolute Gasteiger partial charge is 0.375 e. The van der Waals surface area contributed by atoms with Gasteiger partial charge in [0.05, 0.1) is 16.1 Å². The van der Waals surface area contributed by atoms with E-state index in [2.05, 4.69) is 80.3 Å². The van der Waals surface area contributed by atoms with Crippen molar-refractivity contribution in [3.05, 3.63) is 62.6 Å². The Morgan fingerprint density at radius 2 is 1.76 bits per heavy atom. The van der Waals surface area contributed by atoms with E-state index in [1.807, 2.05) is 0 Å². The van der Waals surface area contributed by atoms with E-state index in [-0.39, 0.29) is 5.54 Å². The Morgan fingerprint density at radius 1 is 1.04 bits per heavy atom. The average Bonchev–Trinajstić information content (AvgIpc) is 2.88. The number of hydrogen-bond donors (Lipinski definition) is 1. The molecule has 4 heteroatoms. The van der Waals surface area contributed by atoms with Crippen LogP contribution >= 0.6 is 23.8 Å². The monoisotopic (exact) mass is 366 g/mol. The van der Waals surface area contributed by atoms with Gasteiger partial charge < -0.3 is 5.32 Å². The second-order valence-corrected chi connectivity index (χ2v) is 8.81. The molecule has 0 spiro atoms. The first kappa shape index (κ1) is 16.6. The summed E-state index contributed by atoms with van der Waals surface area (Å²) in [6.45, 7) is 10.9. The molecular weight excluding hydrogens is 344 g/mol. The van der Waals surface area contributed by atoms with Gasteiger partial charge in [0.1, 0.15) is 4.64 Å². The van der Waals surface area contributed by atoms with Crippen molar-refractivity contribution in [1.82, 2.24) is 3.96 Å². The predicted molar refractivity (Wildman–Crippen MR) is 111 cm³/mol. The molecule has 0 saturated heterocycles. The quantitative estimate of drug-likeness (QED) is 0.494. The van der Waals surface area contributed by atoms with E-state index >= 15 is 0 Å². The summed E-state index contributed by atoms with van der Waals surface area (Å²) >= 11 is 7.69. The van der Waals surface area contributed by atoms with Gasteiger partial charge in [-0.05, 0) is 75.6 Å². The van der Waals surface area contributed by atoms with Crippen LogP contribution in [0.15, 0.2) is 36.4 Å². The third-order valence-electron chi connectivity index (χ3n) is 4.96. The number of anilines is 1. The fourth-order valence-corrected chi connectivity index (χ4v) is 5.13. The number of fused-ring (bicyclic) bond motifs is 3. The number of rotatable bonds is 1. The second-order valence-electron chi connectivity index (χ2n) is 7.47. The van der Waals surface area contributed by atoms with Crippen LogP contribution in [0.2, 0.25) is 0 Å². The van der Waals surface area contributed by atoms with Gasteiger partial charge >= 0.3 is 0 Å². The van der Waals surface area contributed by atoms with Crippen molar-refractivity contribution in [2.45, 2.75) is 40.2 Å². The standard InChI is InChI=1S/C21H22N2S2/c1-12-7-6-8-15(9-12)23-20(24)18-16-10-13(2)14(3)11-17(16)22-21(4,5)19(18)25-23/h6-11,22H,1-5H3. The van der Waals surface area contributed by atoms with Crippen LogP contribution in [-0.4, -0.2) is 3.96 Å². The molecule has 0 fully saturated rings. The van der Waals surface area contributed by atoms with Crippen LogP contribution in [0, 0.1) is 25.4 Å². The number of hydrogen-bond acceptors (Lipinski definition) is 3. The molecule has 1 aromatic heterocycles. The molecule has 1 N–H and O–H groups in total. The van der Waals surface area contributed by atoms with Gasteiger partial charge in [-0.1, -0.05) is 35.9 Å². The molecule has 25 heavy (non-hydrogen) atoms. The summed E-state index contributed by atoms with van der Waals surface area (Å²) in [5.74, 6) is 0. The molecule has 0 atom stereocenters. The zero-order valence-corrected chi connectivity index (χ0v) is 16.9. The first-order valence-corrected chi connectivity index (χ1v) is 9.70. The highest BCUT2D eigenvalue weighted by Crippen LogP contribution is 2.48. The van der Waals surface area contributed by atoms with Crippen LogP contribution < -0.4 is 5.32 Å². The first-order chi connectivity index (χ1) is 11.8. The molecule has 128 valence electrons. The maximum Gasteiger partial charge on any atom is 0.129 e. The second kappa shape index (κ2) is 5.55. The zero-order valence-electron chi connectivity index (χ0n) is 15.2. The van der Waals surface area contributed by atoms with Crippen molar-refractivity contribution in [1.29, 1.82) is 0 Å². The minimum atomic E-state index is -0.142. The highest BCUT2D eigenvalue weighted by Gasteiger charge is 2.34. The summed E-state index contributed by atoms with van der Waals surface area (Å²) in [5, 5.41) is 3.71. The minimum absolute atomic E-state index is 0.142. The maximum absolute atomic E-state index is 5.94. The molecule has 0 radical (unpaired) electrons. The Kier molecular flexibility index (Phi) is 3.67. The highest BCUT2D eigenvalue weighted by molar-refractivity contribution is 7.71. The molecule has 0 amide bonds. The Morgan fingerprint density at radius 3 is 2.48 bits per heavy atom. The fraction of sp³-hybridized carbons (Fsp3) is 0.286. The number of nitrogens with one attached hydrogen (secondary N) is 1. The van der Waals surface area contributed by atoms with E-state index in [4.69, 9.17) is 12.2 Å². The summed E-state index contributed by atoms with van der Waals surface area (Å²) in [4.78, 5) is 1.30. The first-order valence-electron chi connectivity index (χ1n) is 8.51. The van der Waals surface area contributed by atoms with Crippen molar-refractivity contribution in [2.75, 3.05) is 5.32 Å². The molecule has 2 heterocycles. The molecule has 0 unspecified atom stereocenters. The number of aromatic nitrogens is 1. The lowest BCUT2D eigenvalue weighted by Crippen LogP contribution is -2.30. The van der Waals surface area contributed by atoms with Gasteiger partial charge in [-0.2, -0.15) is 0 Å². The summed E-state index contributed by atoms with van der Waals surface area (Å²) in [6.07, 6.45) is 0. The molecule has 4 rings (SSSR count). The summed E-state index contributed by atoms with van der Waals surface area (Å²) < 4.78 is 3.10. The van der Waals surface area contributed by atoms with Crippen LogP contribution in [0.25, 0.3) is 16.8 Å². The van der Waals surface area contributed by atoms with Crippen molar-refractivity contribution in [3.63, 3.8) is 0 Å². The molecular formula is C21H22N2S2. The normalized spacial score (nSPS) is 14.6. The zero-order chi connectivity index (χ0) is 17.9. The summed E-state index contributed by atoms with van der Waals surface area (Å²) in [5.41, 5.74) is 8.47. The topological polar surface area (TPSA) is 17.0 Å². The third kappa shape index (κ3) is 2.55. The van der Waals surface area contributed by atoms with Crippen molar-refractivity contribution in [2.24, 2.45) is 0 Å². The van der Waals surface area contributed by atoms with Crippen LogP contribution in [0.5, 0.6) is 0 Å². The Labute approximate surface area is 158 Å². The lowest BCUT2D eigenvalue weighted by Gasteiger charge is -2.33. The van der Waals surface area contributed by atoms with E-state index in [0.29, 0.717) is 0 Å². The van der Waals surface area contributed by atoms with Gasteiger partial charge in [0.15, 0.2) is 0 Å². The molecule has 1 aliphatic heterocycles. The molecule has 0 bridgehead atoms. The SMILES string of the molecule is Cc1cccc(-n2sc3c(c2=S)-c2cc(C)c(C)cc2NC3(C)C)c1. The van der Waals surface area contributed by atoms with Crippen LogP contribution in [0.3, 0.4) is 0 Å². The Bertz CT molecular complexity index is 1050. The third-order valence-corrected chi connectivity index (χ3v) is 6.94. The Balaban J connectivity index is 2.04. The molecule has 1 aliphatic rings. The fourth-order valence-electron chi connectivity index (χ4n) is 3.49. The minimum Gasteiger partial charge on any atom is -0.375 e. The Hall–Kier alpha value is -1.91. The van der Waals surface area contributed by atoms with Crippen molar-refractivity contribution in [3.8, 4) is 16.8 Å². The molecule has 3 aromatic rings. The van der Waals surface area contributed by atoms with Crippen molar-refractivity contribution < 1.29 is 0 Å². The smallest absolute Gasteiger partial charge is 0.129 e. The van der Waals surface area contributed by atoms with Gasteiger partial charge in [0, 0.05) is 16.8 Å². The number of nitrogens with zero attached hydrogens (tertiary/aromatic N) is 1. The molecule has 0 aliphatic carbocycles. The number of benzene rings is 2. The van der Waals surface area contributed by atoms with Crippen LogP contribution in [0.4, 0.5) is 5.69 Å². The summed E-state index contributed by atoms with van der Waals surface area (Å²) in [6, 6.07) is 13.1. The maximum atomic E-state index is 5.94. The van der Waals surface area contributed by atoms with E-state index in [9.17, 15) is 0 Å². The van der Waals surface area contributed by atoms with E-state index in [0.717, 1.165) is 10.3 Å². The van der Waals surface area contributed by atoms with E-state index < -0.39 is 0 Å². The average molecular weight is 367 g/mol. The molecule has 2 aromatic carbocycles. The van der Waals surface area contributed by atoms with E-state index in [1.165, 1.54) is 38.4 Å². The predicted octanol–water partition coefficient (Wildman–Crippen LogP) is 6.52. The van der Waals surface area contributed by atoms with Gasteiger partial charge in [-0.15, -0.1) is 0 Å². The van der Waals surface area contributed by atoms with Crippen molar-refractivity contribution >= 4 is 29.4 Å². The van der Waals surface area contributed by atoms with Gasteiger partial charge in [0.25, 0.3) is 0 Å². The van der Waals surface area contributed by atoms with Crippen LogP contribution in [-0.2, 0) is 5.54 Å². The lowest BCUT2D eigenvalue weighted by atomic mass is 9.88. The number of aryl methyl sites for hydroxylation is 3. The summed E-state index contributed by atoms with van der Waals surface area (Å²) in [7, 11) is 0. The van der Waals surface area contributed by atoms with Crippen LogP contribution in [0.1, 0.15) is 35.4 Å². The highest BCUT2D eigenvalue weighted by atomic mass is 32.1. The molecule has 2 nitrogen and oxygen atoms in total. The van der Waals surface area contributed by atoms with Gasteiger partial charge in [-0.3, -0.25) is 3.96 Å². The lowest BCUT2D eigenvalue weighted by molar-refractivity contribution is 0.619. The van der Waals surface area contributed by atoms with Gasteiger partial charge in [-0.25, -0.2) is 0 Å². The molecule has 0 saturated carbocycles. The van der Waals surface area contributed by atoms with E-state index in [1.54, 1.807) is 11.5 Å². The van der Waals surface area contributed by atoms with Gasteiger partial charge in [0.2, 0.25) is 0 Å².